The predicted octanol–water partition coefficient (Wildman–Crippen LogP) is 1.17. The van der Waals surface area contributed by atoms with Gasteiger partial charge in [-0.2, -0.15) is 0 Å². The van der Waals surface area contributed by atoms with Crippen LogP contribution in [0.2, 0.25) is 0 Å². The van der Waals surface area contributed by atoms with Gasteiger partial charge in [0.25, 0.3) is 0 Å². The first-order valence-electron chi connectivity index (χ1n) is 4.88. The zero-order chi connectivity index (χ0) is 10.0. The minimum atomic E-state index is -0.512. The Bertz CT molecular complexity index is 349. The summed E-state index contributed by atoms with van der Waals surface area (Å²) in [6.07, 6.45) is 5.20. The van der Waals surface area contributed by atoms with Crippen LogP contribution >= 0.6 is 0 Å². The molecule has 1 aromatic heterocycles. The molecule has 0 radical (unpaired) electrons. The van der Waals surface area contributed by atoms with Crippen molar-refractivity contribution >= 4 is 0 Å². The van der Waals surface area contributed by atoms with Gasteiger partial charge in [-0.15, -0.1) is 0 Å². The average Bonchev–Trinajstić information content (AvgIpc) is 2.66. The highest BCUT2D eigenvalue weighted by atomic mass is 16.5. The summed E-state index contributed by atoms with van der Waals surface area (Å²) < 4.78 is 9.99. The van der Waals surface area contributed by atoms with E-state index in [9.17, 15) is 4.79 Å². The van der Waals surface area contributed by atoms with Gasteiger partial charge in [0.05, 0.1) is 0 Å². The zero-order valence-corrected chi connectivity index (χ0v) is 8.21. The molecule has 78 valence electrons. The van der Waals surface area contributed by atoms with E-state index < -0.39 is 11.4 Å². The Labute approximate surface area is 81.4 Å². The number of hydrogen-bond donors (Lipinski definition) is 1. The predicted molar refractivity (Wildman–Crippen MR) is 48.9 cm³/mol. The van der Waals surface area contributed by atoms with Crippen LogP contribution in [0.4, 0.5) is 0 Å². The first-order chi connectivity index (χ1) is 6.77. The van der Waals surface area contributed by atoms with Gasteiger partial charge in [0.15, 0.2) is 5.82 Å². The number of hydrogen-bond acceptors (Lipinski definition) is 4. The molecule has 0 aliphatic heterocycles. The molecule has 0 amide bonds. The van der Waals surface area contributed by atoms with Gasteiger partial charge in [-0.1, -0.05) is 24.4 Å². The third-order valence-corrected chi connectivity index (χ3v) is 2.92. The van der Waals surface area contributed by atoms with Crippen molar-refractivity contribution in [3.8, 4) is 0 Å². The van der Waals surface area contributed by atoms with Gasteiger partial charge in [0, 0.05) is 7.11 Å². The fraction of sp³-hybridized carbons (Fsp3) is 0.778. The van der Waals surface area contributed by atoms with Crippen LogP contribution in [0.25, 0.3) is 0 Å². The summed E-state index contributed by atoms with van der Waals surface area (Å²) in [6, 6.07) is 0. The number of aromatic nitrogens is 2. The Morgan fingerprint density at radius 3 is 2.64 bits per heavy atom. The number of nitrogens with zero attached hydrogens (tertiary/aromatic N) is 1. The largest absolute Gasteiger partial charge is 0.439 e. The van der Waals surface area contributed by atoms with Crippen molar-refractivity contribution in [3.63, 3.8) is 0 Å². The first-order valence-corrected chi connectivity index (χ1v) is 4.88. The summed E-state index contributed by atoms with van der Waals surface area (Å²) in [4.78, 5) is 13.4. The molecule has 0 bridgehead atoms. The number of ether oxygens (including phenoxy) is 1. The molecule has 1 N–H and O–H groups in total. The summed E-state index contributed by atoms with van der Waals surface area (Å²) in [6.45, 7) is 0. The van der Waals surface area contributed by atoms with Crippen LogP contribution < -0.4 is 5.76 Å². The molecule has 1 saturated carbocycles. The van der Waals surface area contributed by atoms with Crippen molar-refractivity contribution in [2.45, 2.75) is 37.7 Å². The molecule has 0 saturated heterocycles. The molecule has 5 heteroatoms. The van der Waals surface area contributed by atoms with E-state index in [0.29, 0.717) is 5.82 Å². The molecule has 2 rings (SSSR count). The minimum absolute atomic E-state index is 0.426. The molecule has 1 fully saturated rings. The van der Waals surface area contributed by atoms with Gasteiger partial charge < -0.3 is 4.74 Å². The van der Waals surface area contributed by atoms with Gasteiger partial charge in [0.2, 0.25) is 0 Å². The summed E-state index contributed by atoms with van der Waals surface area (Å²) in [5.41, 5.74) is -0.426. The minimum Gasteiger partial charge on any atom is -0.370 e. The Balaban J connectivity index is 2.31. The molecular weight excluding hydrogens is 184 g/mol. The van der Waals surface area contributed by atoms with E-state index in [1.807, 2.05) is 0 Å². The van der Waals surface area contributed by atoms with Gasteiger partial charge in [0.1, 0.15) is 5.60 Å². The topological polar surface area (TPSA) is 68.1 Å². The molecule has 0 atom stereocenters. The number of aromatic amines is 1. The standard InChI is InChI=1S/C9H14N2O3/c1-13-9(5-3-2-4-6-9)7-10-8(12)14-11-7/h2-6H2,1H3,(H,10,11,12). The van der Waals surface area contributed by atoms with Gasteiger partial charge >= 0.3 is 5.76 Å². The summed E-state index contributed by atoms with van der Waals surface area (Å²) in [5, 5.41) is 3.71. The maximum atomic E-state index is 10.9. The lowest BCUT2D eigenvalue weighted by Crippen LogP contribution is -2.32. The van der Waals surface area contributed by atoms with Crippen LogP contribution in [0.5, 0.6) is 0 Å². The lowest BCUT2D eigenvalue weighted by molar-refractivity contribution is -0.0527. The van der Waals surface area contributed by atoms with Crippen LogP contribution in [0, 0.1) is 0 Å². The van der Waals surface area contributed by atoms with Crippen molar-refractivity contribution in [2.24, 2.45) is 0 Å². The van der Waals surface area contributed by atoms with E-state index in [0.717, 1.165) is 25.7 Å². The van der Waals surface area contributed by atoms with E-state index in [1.54, 1.807) is 7.11 Å². The van der Waals surface area contributed by atoms with Crippen LogP contribution in [-0.2, 0) is 10.3 Å². The summed E-state index contributed by atoms with van der Waals surface area (Å²) >= 11 is 0. The van der Waals surface area contributed by atoms with Crippen molar-refractivity contribution in [2.75, 3.05) is 7.11 Å². The molecule has 0 aromatic carbocycles. The molecule has 0 spiro atoms. The fourth-order valence-corrected chi connectivity index (χ4v) is 2.09. The molecule has 1 aliphatic carbocycles. The van der Waals surface area contributed by atoms with Crippen LogP contribution in [0.1, 0.15) is 37.9 Å². The third kappa shape index (κ3) is 1.48. The Morgan fingerprint density at radius 2 is 2.14 bits per heavy atom. The number of rotatable bonds is 2. The summed E-state index contributed by atoms with van der Waals surface area (Å²) in [5.74, 6) is 0.0201. The highest BCUT2D eigenvalue weighted by Crippen LogP contribution is 2.37. The zero-order valence-electron chi connectivity index (χ0n) is 8.21. The second-order valence-electron chi connectivity index (χ2n) is 3.70. The maximum absolute atomic E-state index is 10.9. The highest BCUT2D eigenvalue weighted by Gasteiger charge is 2.37. The van der Waals surface area contributed by atoms with Gasteiger partial charge in [-0.25, -0.2) is 4.79 Å². The maximum Gasteiger partial charge on any atom is 0.439 e. The first kappa shape index (κ1) is 9.45. The van der Waals surface area contributed by atoms with Crippen LogP contribution in [0.3, 0.4) is 0 Å². The van der Waals surface area contributed by atoms with Crippen molar-refractivity contribution < 1.29 is 9.26 Å². The molecular formula is C9H14N2O3. The average molecular weight is 198 g/mol. The van der Waals surface area contributed by atoms with Crippen molar-refractivity contribution in [1.29, 1.82) is 0 Å². The van der Waals surface area contributed by atoms with E-state index >= 15 is 0 Å². The lowest BCUT2D eigenvalue weighted by Gasteiger charge is -2.33. The monoisotopic (exact) mass is 198 g/mol. The third-order valence-electron chi connectivity index (χ3n) is 2.92. The van der Waals surface area contributed by atoms with Crippen LogP contribution in [-0.4, -0.2) is 17.3 Å². The van der Waals surface area contributed by atoms with Crippen molar-refractivity contribution in [3.05, 3.63) is 16.4 Å². The Hall–Kier alpha value is -1.10. The van der Waals surface area contributed by atoms with E-state index in [4.69, 9.17) is 4.74 Å². The molecule has 1 aliphatic rings. The molecule has 14 heavy (non-hydrogen) atoms. The lowest BCUT2D eigenvalue weighted by atomic mass is 9.84. The van der Waals surface area contributed by atoms with E-state index in [-0.39, 0.29) is 0 Å². The normalized spacial score (nSPS) is 20.9. The number of H-pyrrole nitrogens is 1. The fourth-order valence-electron chi connectivity index (χ4n) is 2.09. The number of methoxy groups -OCH3 is 1. The van der Waals surface area contributed by atoms with Crippen LogP contribution in [0.15, 0.2) is 9.32 Å². The van der Waals surface area contributed by atoms with E-state index in [1.165, 1.54) is 6.42 Å². The van der Waals surface area contributed by atoms with E-state index in [2.05, 4.69) is 14.7 Å². The molecule has 0 unspecified atom stereocenters. The quantitative estimate of drug-likeness (QED) is 0.774. The summed E-state index contributed by atoms with van der Waals surface area (Å²) in [7, 11) is 1.65. The molecule has 1 aromatic rings. The molecule has 5 nitrogen and oxygen atoms in total. The van der Waals surface area contributed by atoms with Crippen molar-refractivity contribution in [1.82, 2.24) is 10.1 Å². The Morgan fingerprint density at radius 1 is 1.43 bits per heavy atom. The highest BCUT2D eigenvalue weighted by molar-refractivity contribution is 5.00. The second kappa shape index (κ2) is 3.57. The Kier molecular flexibility index (Phi) is 2.41. The molecule has 1 heterocycles. The SMILES string of the molecule is COC1(c2noc(=O)[nH]2)CCCCC1. The van der Waals surface area contributed by atoms with Gasteiger partial charge in [-0.3, -0.25) is 9.51 Å². The van der Waals surface area contributed by atoms with Gasteiger partial charge in [-0.05, 0) is 12.8 Å². The smallest absolute Gasteiger partial charge is 0.370 e. The number of nitrogens with one attached hydrogen (secondary N) is 1. The second-order valence-corrected chi connectivity index (χ2v) is 3.70.